The number of nitrogens with zero attached hydrogens (tertiary/aromatic N) is 3. The molecule has 1 aromatic rings. The summed E-state index contributed by atoms with van der Waals surface area (Å²) in [7, 11) is 0. The van der Waals surface area contributed by atoms with Crippen molar-refractivity contribution in [2.45, 2.75) is 33.1 Å². The van der Waals surface area contributed by atoms with E-state index >= 15 is 0 Å². The monoisotopic (exact) mass is 267 g/mol. The molecular weight excluding hydrogens is 250 g/mol. The Morgan fingerprint density at radius 2 is 1.89 bits per heavy atom. The van der Waals surface area contributed by atoms with Gasteiger partial charge in [0.25, 0.3) is 0 Å². The van der Waals surface area contributed by atoms with E-state index in [0.29, 0.717) is 17.0 Å². The number of hydrogen-bond donors (Lipinski definition) is 0. The first-order valence-electron chi connectivity index (χ1n) is 6.04. The molecule has 1 fully saturated rings. The van der Waals surface area contributed by atoms with Crippen molar-refractivity contribution in [3.05, 3.63) is 28.2 Å². The first kappa shape index (κ1) is 14.6. The summed E-state index contributed by atoms with van der Waals surface area (Å²) in [5, 5.41) is 20.9. The van der Waals surface area contributed by atoms with E-state index in [0.717, 1.165) is 36.3 Å². The Bertz CT molecular complexity index is 476. The zero-order valence-electron chi connectivity index (χ0n) is 10.8. The van der Waals surface area contributed by atoms with E-state index in [2.05, 4.69) is 11.0 Å². The molecule has 98 valence electrons. The highest BCUT2D eigenvalue weighted by atomic mass is 35.5. The first-order chi connectivity index (χ1) is 8.15. The summed E-state index contributed by atoms with van der Waals surface area (Å²) in [6, 6.07) is 4.00. The smallest absolute Gasteiger partial charge is 0.209 e. The van der Waals surface area contributed by atoms with Crippen LogP contribution in [-0.4, -0.2) is 13.1 Å². The van der Waals surface area contributed by atoms with E-state index in [9.17, 15) is 10.5 Å². The second kappa shape index (κ2) is 5.92. The summed E-state index contributed by atoms with van der Waals surface area (Å²) in [6.07, 6.45) is 3.58. The van der Waals surface area contributed by atoms with Gasteiger partial charge in [-0.15, -0.1) is 12.4 Å². The quantitative estimate of drug-likeness (QED) is 0.579. The maximum Gasteiger partial charge on any atom is 0.209 e. The molecule has 0 aliphatic carbocycles. The summed E-state index contributed by atoms with van der Waals surface area (Å²) >= 11 is 0. The highest BCUT2D eigenvalue weighted by Gasteiger charge is 2.21. The fourth-order valence-electron chi connectivity index (χ4n) is 2.40. The normalized spacial score (nSPS) is 14.8. The van der Waals surface area contributed by atoms with Crippen molar-refractivity contribution in [1.29, 1.82) is 5.26 Å². The van der Waals surface area contributed by atoms with E-state index in [1.54, 1.807) is 13.8 Å². The van der Waals surface area contributed by atoms with E-state index in [-0.39, 0.29) is 12.4 Å². The highest BCUT2D eigenvalue weighted by Crippen LogP contribution is 2.25. The lowest BCUT2D eigenvalue weighted by atomic mass is 10.1. The van der Waals surface area contributed by atoms with Gasteiger partial charge in [-0.25, -0.2) is 0 Å². The summed E-state index contributed by atoms with van der Waals surface area (Å²) in [5.41, 5.74) is 2.61. The average Bonchev–Trinajstić information content (AvgIpc) is 2.36. The van der Waals surface area contributed by atoms with Crippen LogP contribution in [-0.2, 0) is 0 Å². The van der Waals surface area contributed by atoms with E-state index in [1.165, 1.54) is 6.42 Å². The molecule has 1 aromatic heterocycles. The number of halogens is 1. The van der Waals surface area contributed by atoms with Crippen LogP contribution in [0.2, 0.25) is 0 Å². The zero-order chi connectivity index (χ0) is 12.4. The number of rotatable bonds is 1. The van der Waals surface area contributed by atoms with Crippen LogP contribution < -0.4 is 9.63 Å². The Balaban J connectivity index is 0.00000162. The number of aryl methyl sites for hydroxylation is 1. The van der Waals surface area contributed by atoms with Gasteiger partial charge in [-0.3, -0.25) is 0 Å². The molecule has 1 saturated heterocycles. The predicted octanol–water partition coefficient (Wildman–Crippen LogP) is 2.22. The van der Waals surface area contributed by atoms with Crippen molar-refractivity contribution < 1.29 is 4.73 Å². The molecule has 0 saturated carbocycles. The van der Waals surface area contributed by atoms with E-state index < -0.39 is 0 Å². The van der Waals surface area contributed by atoms with Gasteiger partial charge in [-0.2, -0.15) is 9.99 Å². The van der Waals surface area contributed by atoms with Gasteiger partial charge in [-0.05, 0) is 19.3 Å². The minimum Gasteiger partial charge on any atom is -0.618 e. The Labute approximate surface area is 114 Å². The molecule has 0 atom stereocenters. The van der Waals surface area contributed by atoms with Gasteiger partial charge in [-0.1, -0.05) is 0 Å². The van der Waals surface area contributed by atoms with Gasteiger partial charge in [0.05, 0.1) is 5.69 Å². The molecule has 0 unspecified atom stereocenters. The van der Waals surface area contributed by atoms with Crippen LogP contribution in [0.25, 0.3) is 0 Å². The molecule has 2 heterocycles. The van der Waals surface area contributed by atoms with E-state index in [1.807, 2.05) is 6.07 Å². The van der Waals surface area contributed by atoms with Crippen LogP contribution in [0.15, 0.2) is 6.07 Å². The minimum absolute atomic E-state index is 0. The molecule has 4 nitrogen and oxygen atoms in total. The molecule has 0 N–H and O–H groups in total. The van der Waals surface area contributed by atoms with Gasteiger partial charge in [0, 0.05) is 33.0 Å². The standard InChI is InChI=1S/C13H17N3O.ClH/c1-10-8-13(15-6-4-3-5-7-15)12(9-14)11(2)16(10)17;/h8H,3-7H2,1-2H3;1H. The maximum absolute atomic E-state index is 11.7. The van der Waals surface area contributed by atoms with Crippen LogP contribution in [0, 0.1) is 30.4 Å². The lowest BCUT2D eigenvalue weighted by Crippen LogP contribution is -2.37. The molecule has 18 heavy (non-hydrogen) atoms. The van der Waals surface area contributed by atoms with Gasteiger partial charge < -0.3 is 10.1 Å². The number of piperidine rings is 1. The fraction of sp³-hybridized carbons (Fsp3) is 0.538. The maximum atomic E-state index is 11.7. The third-order valence-electron chi connectivity index (χ3n) is 3.40. The largest absolute Gasteiger partial charge is 0.618 e. The van der Waals surface area contributed by atoms with E-state index in [4.69, 9.17) is 0 Å². The molecule has 0 radical (unpaired) electrons. The van der Waals surface area contributed by atoms with Crippen LogP contribution in [0.4, 0.5) is 5.69 Å². The van der Waals surface area contributed by atoms with Crippen molar-refractivity contribution >= 4 is 18.1 Å². The lowest BCUT2D eigenvalue weighted by molar-refractivity contribution is -0.619. The fourth-order valence-corrected chi connectivity index (χ4v) is 2.40. The summed E-state index contributed by atoms with van der Waals surface area (Å²) in [5.74, 6) is 0. The van der Waals surface area contributed by atoms with Crippen molar-refractivity contribution in [2.75, 3.05) is 18.0 Å². The molecule has 0 amide bonds. The summed E-state index contributed by atoms with van der Waals surface area (Å²) in [4.78, 5) is 2.22. The number of pyridine rings is 1. The number of aromatic nitrogens is 1. The second-order valence-electron chi connectivity index (χ2n) is 4.59. The van der Waals surface area contributed by atoms with Crippen molar-refractivity contribution in [3.63, 3.8) is 0 Å². The molecule has 2 rings (SSSR count). The Kier molecular flexibility index (Phi) is 4.80. The molecule has 5 heteroatoms. The summed E-state index contributed by atoms with van der Waals surface area (Å²) in [6.45, 7) is 5.47. The summed E-state index contributed by atoms with van der Waals surface area (Å²) < 4.78 is 0.839. The van der Waals surface area contributed by atoms with Crippen LogP contribution >= 0.6 is 12.4 Å². The Hall–Kier alpha value is -1.47. The van der Waals surface area contributed by atoms with Crippen molar-refractivity contribution in [2.24, 2.45) is 0 Å². The van der Waals surface area contributed by atoms with Gasteiger partial charge >= 0.3 is 0 Å². The topological polar surface area (TPSA) is 54.0 Å². The lowest BCUT2D eigenvalue weighted by Gasteiger charge is -2.29. The van der Waals surface area contributed by atoms with Gasteiger partial charge in [0.2, 0.25) is 5.69 Å². The molecule has 0 spiro atoms. The Morgan fingerprint density at radius 1 is 1.28 bits per heavy atom. The molecule has 1 aliphatic rings. The zero-order valence-corrected chi connectivity index (χ0v) is 11.6. The van der Waals surface area contributed by atoms with Gasteiger partial charge in [0.15, 0.2) is 5.69 Å². The second-order valence-corrected chi connectivity index (χ2v) is 4.59. The number of anilines is 1. The van der Waals surface area contributed by atoms with Crippen molar-refractivity contribution in [3.8, 4) is 6.07 Å². The van der Waals surface area contributed by atoms with Gasteiger partial charge in [0.1, 0.15) is 11.6 Å². The third-order valence-corrected chi connectivity index (χ3v) is 3.40. The van der Waals surface area contributed by atoms with Crippen molar-refractivity contribution in [1.82, 2.24) is 0 Å². The van der Waals surface area contributed by atoms with Crippen LogP contribution in [0.3, 0.4) is 0 Å². The Morgan fingerprint density at radius 3 is 2.44 bits per heavy atom. The minimum atomic E-state index is 0. The first-order valence-corrected chi connectivity index (χ1v) is 6.04. The molecular formula is C13H18ClN3O. The number of nitriles is 1. The third kappa shape index (κ3) is 2.51. The highest BCUT2D eigenvalue weighted by molar-refractivity contribution is 5.85. The van der Waals surface area contributed by atoms with Crippen LogP contribution in [0.1, 0.15) is 36.2 Å². The predicted molar refractivity (Wildman–Crippen MR) is 72.9 cm³/mol. The molecule has 0 bridgehead atoms. The molecule has 0 aromatic carbocycles. The molecule has 1 aliphatic heterocycles. The SMILES string of the molecule is Cc1cc(N2CCCCC2)c(C#N)c(C)[n+]1[O-].Cl. The van der Waals surface area contributed by atoms with Crippen LogP contribution in [0.5, 0.6) is 0 Å². The average molecular weight is 268 g/mol. The number of hydrogen-bond acceptors (Lipinski definition) is 3.